The predicted octanol–water partition coefficient (Wildman–Crippen LogP) is 3.31. The summed E-state index contributed by atoms with van der Waals surface area (Å²) in [5, 5.41) is 6.69. The summed E-state index contributed by atoms with van der Waals surface area (Å²) >= 11 is 1.27. The Bertz CT molecular complexity index is 1130. The molecule has 2 N–H and O–H groups in total. The first kappa shape index (κ1) is 19.7. The van der Waals surface area contributed by atoms with E-state index in [-0.39, 0.29) is 10.8 Å². The maximum atomic E-state index is 12.2. The third kappa shape index (κ3) is 5.02. The summed E-state index contributed by atoms with van der Waals surface area (Å²) in [6.45, 7) is 3.47. The number of nitrogens with one attached hydrogen (secondary N) is 2. The first-order chi connectivity index (χ1) is 13.2. The third-order valence-corrected chi connectivity index (χ3v) is 5.40. The van der Waals surface area contributed by atoms with Gasteiger partial charge in [-0.15, -0.1) is 0 Å². The predicted molar refractivity (Wildman–Crippen MR) is 106 cm³/mol. The summed E-state index contributed by atoms with van der Waals surface area (Å²) in [4.78, 5) is 24.6. The molecule has 1 amide bonds. The fourth-order valence-corrected chi connectivity index (χ4v) is 3.67. The fourth-order valence-electron chi connectivity index (χ4n) is 2.24. The number of hydrogen-bond acceptors (Lipinski definition) is 9. The summed E-state index contributed by atoms with van der Waals surface area (Å²) in [5.41, 5.74) is 0.531. The van der Waals surface area contributed by atoms with Crippen molar-refractivity contribution in [1.29, 1.82) is 0 Å². The summed E-state index contributed by atoms with van der Waals surface area (Å²) in [7, 11) is -3.34. The minimum absolute atomic E-state index is 0.0792. The molecule has 11 heteroatoms. The Kier molecular flexibility index (Phi) is 5.56. The number of anilines is 3. The van der Waals surface area contributed by atoms with E-state index in [9.17, 15) is 13.2 Å². The van der Waals surface area contributed by atoms with Gasteiger partial charge in [0, 0.05) is 18.1 Å². The zero-order chi connectivity index (χ0) is 20.3. The van der Waals surface area contributed by atoms with Crippen LogP contribution in [0.5, 0.6) is 5.88 Å². The third-order valence-electron chi connectivity index (χ3n) is 3.42. The van der Waals surface area contributed by atoms with Gasteiger partial charge in [0.2, 0.25) is 0 Å². The average Bonchev–Trinajstić information content (AvgIpc) is 2.93. The molecule has 0 radical (unpaired) electrons. The maximum absolute atomic E-state index is 12.2. The number of amides is 1. The molecule has 28 heavy (non-hydrogen) atoms. The number of rotatable bonds is 5. The van der Waals surface area contributed by atoms with Gasteiger partial charge in [-0.05, 0) is 38.1 Å². The lowest BCUT2D eigenvalue weighted by molar-refractivity contribution is 0.213. The SMILES string of the molecule is Cc1nccc(NC(=O)Oc2nc(C)sc2Nc2cccc(S(C)(=O)=O)c2)n1. The molecule has 0 aliphatic carbocycles. The molecule has 0 fully saturated rings. The van der Waals surface area contributed by atoms with Crippen molar-refractivity contribution in [2.24, 2.45) is 0 Å². The Hall–Kier alpha value is -3.05. The highest BCUT2D eigenvalue weighted by Crippen LogP contribution is 2.34. The van der Waals surface area contributed by atoms with E-state index in [1.54, 1.807) is 26.0 Å². The molecule has 0 unspecified atom stereocenters. The highest BCUT2D eigenvalue weighted by molar-refractivity contribution is 7.90. The molecule has 0 bridgehead atoms. The molecule has 146 valence electrons. The highest BCUT2D eigenvalue weighted by Gasteiger charge is 2.16. The first-order valence-corrected chi connectivity index (χ1v) is 10.7. The summed E-state index contributed by atoms with van der Waals surface area (Å²) in [5.74, 6) is 0.894. The molecular formula is C17H17N5O4S2. The Morgan fingerprint density at radius 1 is 1.18 bits per heavy atom. The molecule has 3 aromatic rings. The van der Waals surface area contributed by atoms with Crippen LogP contribution in [0.15, 0.2) is 41.4 Å². The van der Waals surface area contributed by atoms with Crippen LogP contribution in [0.4, 0.5) is 21.3 Å². The lowest BCUT2D eigenvalue weighted by Crippen LogP contribution is -2.18. The second kappa shape index (κ2) is 7.90. The molecule has 2 heterocycles. The minimum Gasteiger partial charge on any atom is -0.388 e. The number of benzene rings is 1. The second-order valence-electron chi connectivity index (χ2n) is 5.80. The van der Waals surface area contributed by atoms with Crippen LogP contribution < -0.4 is 15.4 Å². The van der Waals surface area contributed by atoms with Crippen LogP contribution in [-0.2, 0) is 9.84 Å². The van der Waals surface area contributed by atoms with Crippen molar-refractivity contribution >= 4 is 43.8 Å². The number of ether oxygens (including phenoxy) is 1. The van der Waals surface area contributed by atoms with Crippen molar-refractivity contribution < 1.29 is 17.9 Å². The molecule has 1 aromatic carbocycles. The van der Waals surface area contributed by atoms with E-state index >= 15 is 0 Å². The van der Waals surface area contributed by atoms with Crippen LogP contribution in [-0.4, -0.2) is 35.7 Å². The maximum Gasteiger partial charge on any atom is 0.419 e. The lowest BCUT2D eigenvalue weighted by atomic mass is 10.3. The first-order valence-electron chi connectivity index (χ1n) is 8.04. The number of carbonyl (C=O) groups excluding carboxylic acids is 1. The van der Waals surface area contributed by atoms with Gasteiger partial charge in [-0.1, -0.05) is 17.4 Å². The monoisotopic (exact) mass is 419 g/mol. The normalized spacial score (nSPS) is 11.1. The minimum atomic E-state index is -3.34. The van der Waals surface area contributed by atoms with Gasteiger partial charge in [-0.25, -0.2) is 28.2 Å². The van der Waals surface area contributed by atoms with Crippen LogP contribution in [0.25, 0.3) is 0 Å². The molecule has 0 atom stereocenters. The molecule has 3 rings (SSSR count). The number of aryl methyl sites for hydroxylation is 2. The Labute approximate surface area is 165 Å². The molecule has 0 aliphatic rings. The number of sulfone groups is 1. The summed E-state index contributed by atoms with van der Waals surface area (Å²) in [6.07, 6.45) is 1.90. The van der Waals surface area contributed by atoms with E-state index in [1.165, 1.54) is 35.7 Å². The van der Waals surface area contributed by atoms with Gasteiger partial charge in [-0.3, -0.25) is 5.32 Å². The van der Waals surface area contributed by atoms with Gasteiger partial charge < -0.3 is 10.1 Å². The van der Waals surface area contributed by atoms with Crippen molar-refractivity contribution in [3.63, 3.8) is 0 Å². The Morgan fingerprint density at radius 2 is 1.96 bits per heavy atom. The van der Waals surface area contributed by atoms with Crippen LogP contribution in [0.2, 0.25) is 0 Å². The lowest BCUT2D eigenvalue weighted by Gasteiger charge is -2.08. The number of nitrogens with zero attached hydrogens (tertiary/aromatic N) is 3. The topological polar surface area (TPSA) is 123 Å². The zero-order valence-corrected chi connectivity index (χ0v) is 16.9. The van der Waals surface area contributed by atoms with Crippen LogP contribution in [0, 0.1) is 13.8 Å². The average molecular weight is 419 g/mol. The largest absolute Gasteiger partial charge is 0.419 e. The Morgan fingerprint density at radius 3 is 2.68 bits per heavy atom. The second-order valence-corrected chi connectivity index (χ2v) is 9.01. The van der Waals surface area contributed by atoms with Crippen LogP contribution in [0.1, 0.15) is 10.8 Å². The quantitative estimate of drug-likeness (QED) is 0.646. The number of carbonyl (C=O) groups is 1. The van der Waals surface area contributed by atoms with E-state index < -0.39 is 15.9 Å². The van der Waals surface area contributed by atoms with E-state index in [0.29, 0.717) is 27.3 Å². The van der Waals surface area contributed by atoms with E-state index in [0.717, 1.165) is 6.26 Å². The molecule has 0 spiro atoms. The molecule has 2 aromatic heterocycles. The van der Waals surface area contributed by atoms with Crippen molar-refractivity contribution in [2.75, 3.05) is 16.9 Å². The zero-order valence-electron chi connectivity index (χ0n) is 15.3. The van der Waals surface area contributed by atoms with Crippen LogP contribution in [0.3, 0.4) is 0 Å². The van der Waals surface area contributed by atoms with Crippen molar-refractivity contribution in [3.8, 4) is 5.88 Å². The smallest absolute Gasteiger partial charge is 0.388 e. The summed E-state index contributed by atoms with van der Waals surface area (Å²) in [6, 6.07) is 7.87. The number of aromatic nitrogens is 3. The van der Waals surface area contributed by atoms with E-state index in [2.05, 4.69) is 25.6 Å². The fraction of sp³-hybridized carbons (Fsp3) is 0.176. The van der Waals surface area contributed by atoms with E-state index in [1.807, 2.05) is 0 Å². The number of hydrogen-bond donors (Lipinski definition) is 2. The van der Waals surface area contributed by atoms with E-state index in [4.69, 9.17) is 4.74 Å². The molecule has 0 aliphatic heterocycles. The van der Waals surface area contributed by atoms with Gasteiger partial charge in [0.1, 0.15) is 11.6 Å². The number of thiazole rings is 1. The van der Waals surface area contributed by atoms with Crippen LogP contribution >= 0.6 is 11.3 Å². The highest BCUT2D eigenvalue weighted by atomic mass is 32.2. The van der Waals surface area contributed by atoms with Gasteiger partial charge in [0.25, 0.3) is 5.88 Å². The molecule has 0 saturated heterocycles. The van der Waals surface area contributed by atoms with Crippen molar-refractivity contribution in [3.05, 3.63) is 47.4 Å². The van der Waals surface area contributed by atoms with Gasteiger partial charge in [0.15, 0.2) is 14.8 Å². The van der Waals surface area contributed by atoms with Crippen molar-refractivity contribution in [1.82, 2.24) is 15.0 Å². The molecule has 9 nitrogen and oxygen atoms in total. The van der Waals surface area contributed by atoms with Gasteiger partial charge in [0.05, 0.1) is 9.90 Å². The van der Waals surface area contributed by atoms with Gasteiger partial charge >= 0.3 is 6.09 Å². The molecule has 0 saturated carbocycles. The summed E-state index contributed by atoms with van der Waals surface area (Å²) < 4.78 is 28.7. The standard InChI is InChI=1S/C17H17N5O4S2/c1-10-18-8-7-14(19-10)22-17(23)26-15-16(27-11(2)20-15)21-12-5-4-6-13(9-12)28(3,24)25/h4-9,21H,1-3H3,(H,18,19,22,23). The van der Waals surface area contributed by atoms with Crippen molar-refractivity contribution in [2.45, 2.75) is 18.7 Å². The Balaban J connectivity index is 1.77. The van der Waals surface area contributed by atoms with Gasteiger partial charge in [-0.2, -0.15) is 0 Å². The molecular weight excluding hydrogens is 402 g/mol.